The Balaban J connectivity index is 0.000000213. The summed E-state index contributed by atoms with van der Waals surface area (Å²) in [6.45, 7) is 11.0. The fraction of sp³-hybridized carbons (Fsp3) is 0.459. The van der Waals surface area contributed by atoms with Gasteiger partial charge in [0.05, 0.1) is 92.1 Å². The third-order valence-corrected chi connectivity index (χ3v) is 19.3. The van der Waals surface area contributed by atoms with Crippen LogP contribution in [0.3, 0.4) is 0 Å². The predicted molar refractivity (Wildman–Crippen MR) is 406 cm³/mol. The molecule has 5 aromatic rings. The highest BCUT2D eigenvalue weighted by Crippen LogP contribution is 2.31. The number of nitrogens with zero attached hydrogens (tertiary/aromatic N) is 6. The number of hydrogen-bond donors (Lipinski definition) is 6. The molecule has 0 spiro atoms. The number of halogens is 10. The number of nitrogens with one attached hydrogen (secondary N) is 6. The maximum absolute atomic E-state index is 13.8. The monoisotopic (exact) mass is 1620 g/mol. The zero-order chi connectivity index (χ0) is 80.0. The van der Waals surface area contributed by atoms with E-state index in [9.17, 15) is 69.9 Å². The number of benzene rings is 5. The van der Waals surface area contributed by atoms with Crippen LogP contribution in [0.25, 0.3) is 0 Å². The van der Waals surface area contributed by atoms with E-state index in [1.54, 1.807) is 62.0 Å². The van der Waals surface area contributed by atoms with Gasteiger partial charge in [0.1, 0.15) is 17.5 Å². The van der Waals surface area contributed by atoms with E-state index >= 15 is 0 Å². The number of piperidine rings is 5. The summed E-state index contributed by atoms with van der Waals surface area (Å²) in [5, 5.41) is 15.6. The maximum atomic E-state index is 13.8. The molecule has 0 bridgehead atoms. The van der Waals surface area contributed by atoms with E-state index in [2.05, 4.69) is 36.6 Å². The molecule has 5 aliphatic heterocycles. The lowest BCUT2D eigenvalue weighted by atomic mass is 9.97. The minimum Gasteiger partial charge on any atom is -0.453 e. The van der Waals surface area contributed by atoms with Gasteiger partial charge in [0.15, 0.2) is 11.6 Å². The minimum atomic E-state index is -0.659. The minimum absolute atomic E-state index is 0.0121. The molecule has 5 atom stereocenters. The number of ether oxygens (including phenoxy) is 3. The molecule has 0 radical (unpaired) electrons. The first-order valence-electron chi connectivity index (χ1n) is 35.4. The van der Waals surface area contributed by atoms with E-state index in [-0.39, 0.29) is 121 Å². The van der Waals surface area contributed by atoms with Crippen molar-refractivity contribution in [1.29, 1.82) is 0 Å². The topological polar surface area (TPSA) is 290 Å². The molecule has 12 amide bonds. The molecule has 109 heavy (non-hydrogen) atoms. The van der Waals surface area contributed by atoms with Gasteiger partial charge in [-0.1, -0.05) is 76.2 Å². The molecule has 5 saturated heterocycles. The number of hydrogen-bond acceptors (Lipinski definition) is 13. The van der Waals surface area contributed by atoms with Gasteiger partial charge in [-0.05, 0) is 158 Å². The van der Waals surface area contributed by atoms with Gasteiger partial charge in [-0.2, -0.15) is 0 Å². The van der Waals surface area contributed by atoms with Crippen LogP contribution in [0.15, 0.2) is 91.0 Å². The summed E-state index contributed by atoms with van der Waals surface area (Å²) >= 11 is 28.4. The lowest BCUT2D eigenvalue weighted by Gasteiger charge is -2.33. The van der Waals surface area contributed by atoms with Crippen LogP contribution in [0, 0.1) is 58.7 Å². The zero-order valence-corrected chi connectivity index (χ0v) is 64.9. The van der Waals surface area contributed by atoms with Gasteiger partial charge in [-0.3, -0.25) is 24.0 Å². The number of likely N-dealkylation sites (tertiary alicyclic amines) is 5. The number of rotatable bonds is 13. The van der Waals surface area contributed by atoms with Crippen LogP contribution < -0.4 is 31.9 Å². The molecule has 25 nitrogen and oxygen atoms in total. The van der Waals surface area contributed by atoms with E-state index in [1.807, 2.05) is 6.92 Å². The molecule has 594 valence electrons. The summed E-state index contributed by atoms with van der Waals surface area (Å²) in [6.07, 6.45) is 5.72. The van der Waals surface area contributed by atoms with Crippen LogP contribution in [0.4, 0.5) is 74.4 Å². The Morgan fingerprint density at radius 1 is 0.422 bits per heavy atom. The zero-order valence-electron chi connectivity index (χ0n) is 61.1. The predicted octanol–water partition coefficient (Wildman–Crippen LogP) is 15.1. The van der Waals surface area contributed by atoms with Crippen molar-refractivity contribution < 1.29 is 84.1 Å². The number of urea groups is 2. The van der Waals surface area contributed by atoms with Crippen molar-refractivity contribution in [3.63, 3.8) is 0 Å². The molecule has 0 saturated carbocycles. The Hall–Kier alpha value is -9.10. The van der Waals surface area contributed by atoms with E-state index in [1.165, 1.54) is 93.4 Å². The Labute approximate surface area is 654 Å². The van der Waals surface area contributed by atoms with E-state index < -0.39 is 59.2 Å². The molecule has 35 heteroatoms. The summed E-state index contributed by atoms with van der Waals surface area (Å²) < 4.78 is 82.2. The summed E-state index contributed by atoms with van der Waals surface area (Å²) in [7, 11) is 4.67. The molecule has 5 unspecified atom stereocenters. The Morgan fingerprint density at radius 3 is 1.14 bits per heavy atom. The van der Waals surface area contributed by atoms with Crippen LogP contribution in [0.1, 0.15) is 85.0 Å². The first-order chi connectivity index (χ1) is 52.0. The van der Waals surface area contributed by atoms with Crippen LogP contribution in [0.5, 0.6) is 0 Å². The second-order valence-corrected chi connectivity index (χ2v) is 27.8. The van der Waals surface area contributed by atoms with Crippen molar-refractivity contribution in [1.82, 2.24) is 34.7 Å². The first-order valence-corrected chi connectivity index (χ1v) is 37.3. The molecular weight excluding hydrogens is 1540 g/mol. The summed E-state index contributed by atoms with van der Waals surface area (Å²) in [5.41, 5.74) is 1.05. The molecule has 0 aromatic heterocycles. The van der Waals surface area contributed by atoms with Crippen LogP contribution in [-0.2, 0) is 38.2 Å². The van der Waals surface area contributed by atoms with Gasteiger partial charge in [0.2, 0.25) is 29.5 Å². The number of carbonyl (C=O) groups excluding carboxylic acids is 10. The quantitative estimate of drug-likeness (QED) is 0.0473. The molecule has 5 heterocycles. The molecule has 0 aliphatic carbocycles. The first kappa shape index (κ1) is 88.8. The number of amides is 12. The molecule has 6 N–H and O–H groups in total. The second-order valence-electron chi connectivity index (χ2n) is 25.8. The fourth-order valence-electron chi connectivity index (χ4n) is 12.1. The average molecular weight is 1630 g/mol. The third-order valence-electron chi connectivity index (χ3n) is 17.7. The van der Waals surface area contributed by atoms with Gasteiger partial charge >= 0.3 is 30.3 Å². The number of carbonyl (C=O) groups is 10. The van der Waals surface area contributed by atoms with Crippen molar-refractivity contribution in [3.05, 3.63) is 145 Å². The lowest BCUT2D eigenvalue weighted by molar-refractivity contribution is -0.122. The van der Waals surface area contributed by atoms with E-state index in [0.717, 1.165) is 12.8 Å². The highest BCUT2D eigenvalue weighted by Gasteiger charge is 2.35. The molecule has 10 rings (SSSR count). The summed E-state index contributed by atoms with van der Waals surface area (Å²) in [4.78, 5) is 129. The highest BCUT2D eigenvalue weighted by atomic mass is 35.5. The molecule has 5 fully saturated rings. The van der Waals surface area contributed by atoms with Gasteiger partial charge in [0, 0.05) is 97.5 Å². The molecule has 5 aliphatic rings. The second kappa shape index (κ2) is 44.5. The maximum Gasteiger partial charge on any atom is 0.409 e. The van der Waals surface area contributed by atoms with Crippen molar-refractivity contribution in [2.45, 2.75) is 85.0 Å². The van der Waals surface area contributed by atoms with Gasteiger partial charge < -0.3 is 75.5 Å². The van der Waals surface area contributed by atoms with Crippen molar-refractivity contribution in [3.8, 4) is 0 Å². The molecule has 5 aromatic carbocycles. The van der Waals surface area contributed by atoms with Crippen LogP contribution in [0.2, 0.25) is 25.1 Å². The largest absolute Gasteiger partial charge is 0.453 e. The smallest absolute Gasteiger partial charge is 0.409 e. The van der Waals surface area contributed by atoms with Gasteiger partial charge in [-0.25, -0.2) is 45.9 Å². The molecular formula is C74H90Cl5F5N12O13. The van der Waals surface area contributed by atoms with E-state index in [4.69, 9.17) is 67.5 Å². The number of anilines is 5. The van der Waals surface area contributed by atoms with Gasteiger partial charge in [-0.15, -0.1) is 0 Å². The fourth-order valence-corrected chi connectivity index (χ4v) is 12.8. The Morgan fingerprint density at radius 2 is 0.761 bits per heavy atom. The van der Waals surface area contributed by atoms with Gasteiger partial charge in [0.25, 0.3) is 0 Å². The summed E-state index contributed by atoms with van der Waals surface area (Å²) in [6, 6.07) is 21.1. The van der Waals surface area contributed by atoms with Crippen LogP contribution in [-0.4, -0.2) is 196 Å². The van der Waals surface area contributed by atoms with Crippen molar-refractivity contribution in [2.24, 2.45) is 29.6 Å². The lowest BCUT2D eigenvalue weighted by Crippen LogP contribution is -2.47. The van der Waals surface area contributed by atoms with Crippen molar-refractivity contribution >= 4 is 146 Å². The third kappa shape index (κ3) is 27.5. The normalized spacial score (nSPS) is 18.0. The summed E-state index contributed by atoms with van der Waals surface area (Å²) in [5.74, 6) is -6.15. The van der Waals surface area contributed by atoms with E-state index in [0.29, 0.717) is 128 Å². The highest BCUT2D eigenvalue weighted by molar-refractivity contribution is 6.34. The standard InChI is InChI=1S/2C15H19ClFN3O2.2C15H18ClFN2O3.C14H16ClFN2O3/c1-19(2)15(22)20-7-3-4-10(9-20)14(21)18-11-5-6-12(16)13(17)8-11;1-2-18-15(22)20-7-3-4-10(9-20)14(21)19-11-5-6-12(16)13(17)8-11;1-2-22-15(21)19-8-4-5-10(9-19)14(20)18-12-7-3-6-11(17)13(12)16;1-2-22-15(21)19-8-4-5-10(9-19)14(20)18-12-7-3-6-11(16)13(12)17;1-21-14(20)18-7-3-4-9(8-18)13(19)17-11-6-2-5-10(15)12(11)16/h5-6,8,10H,3-4,7,9H2,1-2H3,(H,18,21);5-6,8,10H,2-4,7,9H2,1H3,(H,18,22)(H,19,21);2*3,6-7,10H,2,4-5,8-9H2,1H3,(H,18,20);2,5-6,9H,3-4,7-8H2,1H3,(H,17,19). The Bertz CT molecular complexity index is 3890. The SMILES string of the molecule is CCNC(=O)N1CCCC(C(=O)Nc2ccc(Cl)c(F)c2)C1.CCOC(=O)N1CCCC(C(=O)Nc2cccc(Cl)c2F)C1.CCOC(=O)N1CCCC(C(=O)Nc2cccc(F)c2Cl)C1.CN(C)C(=O)N1CCCC(C(=O)Nc2ccc(Cl)c(F)c2)C1.COC(=O)N1CCCC(C(=O)Nc2cccc(Cl)c2F)C1. The number of methoxy groups -OCH3 is 1. The average Bonchev–Trinajstić information content (AvgIpc) is 0.856. The Kier molecular flexibility index (Phi) is 36.3. The van der Waals surface area contributed by atoms with Crippen LogP contribution >= 0.6 is 58.0 Å². The van der Waals surface area contributed by atoms with Crippen molar-refractivity contribution in [2.75, 3.05) is 133 Å².